The predicted octanol–water partition coefficient (Wildman–Crippen LogP) is 14.8. The molecule has 0 aliphatic carbocycles. The minimum atomic E-state index is 0. The van der Waals surface area contributed by atoms with Crippen LogP contribution in [0, 0.1) is 0 Å². The molecule has 0 saturated heterocycles. The van der Waals surface area contributed by atoms with Crippen molar-refractivity contribution in [3.63, 3.8) is 0 Å². The van der Waals surface area contributed by atoms with Crippen LogP contribution in [0.3, 0.4) is 0 Å². The van der Waals surface area contributed by atoms with Gasteiger partial charge in [-0.2, -0.15) is 0 Å². The van der Waals surface area contributed by atoms with Crippen LogP contribution >= 0.6 is 0 Å². The Balaban J connectivity index is 0.000000112. The van der Waals surface area contributed by atoms with Crippen molar-refractivity contribution in [1.29, 1.82) is 0 Å². The van der Waals surface area contributed by atoms with E-state index in [4.69, 9.17) is 0 Å². The van der Waals surface area contributed by atoms with Crippen molar-refractivity contribution in [2.75, 3.05) is 0 Å². The van der Waals surface area contributed by atoms with Gasteiger partial charge in [-0.1, -0.05) is 146 Å². The zero-order valence-corrected chi connectivity index (χ0v) is 35.5. The van der Waals surface area contributed by atoms with E-state index in [-0.39, 0.29) is 26.2 Å². The summed E-state index contributed by atoms with van der Waals surface area (Å²) in [5.41, 5.74) is 0. The third-order valence-electron chi connectivity index (χ3n) is 10.9. The van der Waals surface area contributed by atoms with E-state index in [1.807, 2.05) is 121 Å². The van der Waals surface area contributed by atoms with E-state index in [9.17, 15) is 20.4 Å². The number of phenols is 4. The molecule has 0 atom stereocenters. The third-order valence-corrected chi connectivity index (χ3v) is 10.9. The summed E-state index contributed by atoms with van der Waals surface area (Å²) in [6.45, 7) is 0. The third kappa shape index (κ3) is 8.75. The first-order valence-corrected chi connectivity index (χ1v) is 19.8. The molecule has 12 aromatic rings. The summed E-state index contributed by atoms with van der Waals surface area (Å²) >= 11 is 0. The molecule has 292 valence electrons. The second-order valence-corrected chi connectivity index (χ2v) is 14.8. The first-order chi connectivity index (χ1) is 29.4. The average molecular weight is 868 g/mol. The zero-order chi connectivity index (χ0) is 41.0. The van der Waals surface area contributed by atoms with Gasteiger partial charge in [-0.05, 0) is 137 Å². The van der Waals surface area contributed by atoms with Crippen LogP contribution in [0.5, 0.6) is 23.0 Å². The Morgan fingerprint density at radius 3 is 0.541 bits per heavy atom. The van der Waals surface area contributed by atoms with Gasteiger partial charge in [-0.15, -0.1) is 0 Å². The van der Waals surface area contributed by atoms with Gasteiger partial charge >= 0.3 is 0 Å². The number of benzene rings is 12. The summed E-state index contributed by atoms with van der Waals surface area (Å²) in [4.78, 5) is 0. The van der Waals surface area contributed by atoms with Crippen molar-refractivity contribution in [1.82, 2.24) is 0 Å². The first-order valence-electron chi connectivity index (χ1n) is 19.8. The molecule has 0 aliphatic heterocycles. The average Bonchev–Trinajstić information content (AvgIpc) is 3.28. The molecule has 61 heavy (non-hydrogen) atoms. The van der Waals surface area contributed by atoms with Gasteiger partial charge in [0.2, 0.25) is 0 Å². The molecule has 0 unspecified atom stereocenters. The van der Waals surface area contributed by atoms with E-state index >= 15 is 0 Å². The van der Waals surface area contributed by atoms with Crippen molar-refractivity contribution < 1.29 is 46.6 Å². The van der Waals surface area contributed by atoms with Crippen molar-refractivity contribution in [2.45, 2.75) is 0 Å². The number of rotatable bonds is 0. The number of fused-ring (bicyclic) bond motifs is 8. The Kier molecular flexibility index (Phi) is 12.0. The van der Waals surface area contributed by atoms with Crippen molar-refractivity contribution in [3.8, 4) is 23.0 Å². The predicted molar refractivity (Wildman–Crippen MR) is 252 cm³/mol. The van der Waals surface area contributed by atoms with Gasteiger partial charge in [-0.25, -0.2) is 0 Å². The molecule has 0 aliphatic rings. The normalized spacial score (nSPS) is 10.8. The summed E-state index contributed by atoms with van der Waals surface area (Å²) in [6.07, 6.45) is 0. The van der Waals surface area contributed by atoms with E-state index in [2.05, 4.69) is 72.8 Å². The topological polar surface area (TPSA) is 80.9 Å². The molecule has 0 heterocycles. The summed E-state index contributed by atoms with van der Waals surface area (Å²) < 4.78 is 0. The molecule has 12 rings (SSSR count). The van der Waals surface area contributed by atoms with Crippen LogP contribution in [0.1, 0.15) is 0 Å². The van der Waals surface area contributed by atoms with Gasteiger partial charge in [0, 0.05) is 47.7 Å². The van der Waals surface area contributed by atoms with Crippen LogP contribution in [0.25, 0.3) is 86.2 Å². The Morgan fingerprint density at radius 2 is 0.344 bits per heavy atom. The smallest absolute Gasteiger partial charge is 0.123 e. The van der Waals surface area contributed by atoms with Crippen LogP contribution in [-0.2, 0) is 26.2 Å². The standard InChI is InChI=1S/4C14H10O.Zr/c4*15-14-7-3-6-12-8-10-4-1-2-5-11(10)9-13(12)14;/h4*1-9,15H;. The maximum atomic E-state index is 9.73. The molecule has 5 heteroatoms. The fraction of sp³-hybridized carbons (Fsp3) is 0. The van der Waals surface area contributed by atoms with Crippen LogP contribution in [0.4, 0.5) is 0 Å². The molecule has 0 saturated carbocycles. The van der Waals surface area contributed by atoms with E-state index in [1.54, 1.807) is 24.3 Å². The minimum Gasteiger partial charge on any atom is -0.507 e. The second kappa shape index (κ2) is 18.0. The van der Waals surface area contributed by atoms with E-state index in [1.165, 1.54) is 21.5 Å². The maximum Gasteiger partial charge on any atom is 0.123 e. The Morgan fingerprint density at radius 1 is 0.180 bits per heavy atom. The molecular weight excluding hydrogens is 828 g/mol. The second-order valence-electron chi connectivity index (χ2n) is 14.8. The fourth-order valence-electron chi connectivity index (χ4n) is 7.80. The number of aromatic hydroxyl groups is 4. The quantitative estimate of drug-likeness (QED) is 0.114. The monoisotopic (exact) mass is 866 g/mol. The Labute approximate surface area is 371 Å². The zero-order valence-electron chi connectivity index (χ0n) is 33.1. The first kappa shape index (κ1) is 40.6. The number of hydrogen-bond acceptors (Lipinski definition) is 4. The Hall–Kier alpha value is -7.20. The van der Waals surface area contributed by atoms with Crippen molar-refractivity contribution >= 4 is 86.2 Å². The molecule has 0 fully saturated rings. The largest absolute Gasteiger partial charge is 0.507 e. The van der Waals surface area contributed by atoms with Gasteiger partial charge in [0.25, 0.3) is 0 Å². The SMILES string of the molecule is Oc1cccc2cc3ccccc3cc12.Oc1cccc2cc3ccccc3cc12.Oc1cccc2cc3ccccc3cc12.Oc1cccc2cc3ccccc3cc12.[Zr]. The summed E-state index contributed by atoms with van der Waals surface area (Å²) in [7, 11) is 0. The van der Waals surface area contributed by atoms with Gasteiger partial charge in [0.15, 0.2) is 0 Å². The Bertz CT molecular complexity index is 3040. The van der Waals surface area contributed by atoms with Crippen molar-refractivity contribution in [2.24, 2.45) is 0 Å². The minimum absolute atomic E-state index is 0. The van der Waals surface area contributed by atoms with E-state index < -0.39 is 0 Å². The van der Waals surface area contributed by atoms with Crippen molar-refractivity contribution in [3.05, 3.63) is 218 Å². The molecule has 4 N–H and O–H groups in total. The summed E-state index contributed by atoms with van der Waals surface area (Å²) in [6, 6.07) is 71.6. The number of phenolic OH excluding ortho intramolecular Hbond substituents is 4. The molecule has 0 bridgehead atoms. The van der Waals surface area contributed by atoms with Crippen LogP contribution < -0.4 is 0 Å². The number of hydrogen-bond donors (Lipinski definition) is 4. The fourth-order valence-corrected chi connectivity index (χ4v) is 7.80. The molecule has 12 aromatic carbocycles. The molecular formula is C56H40O4Zr. The molecule has 4 nitrogen and oxygen atoms in total. The van der Waals surface area contributed by atoms with Gasteiger partial charge < -0.3 is 20.4 Å². The molecule has 0 spiro atoms. The molecule has 0 amide bonds. The van der Waals surface area contributed by atoms with Gasteiger partial charge in [-0.3, -0.25) is 0 Å². The van der Waals surface area contributed by atoms with E-state index in [0.717, 1.165) is 64.6 Å². The van der Waals surface area contributed by atoms with Crippen LogP contribution in [0.2, 0.25) is 0 Å². The molecule has 0 radical (unpaired) electrons. The van der Waals surface area contributed by atoms with Crippen LogP contribution in [0.15, 0.2) is 218 Å². The van der Waals surface area contributed by atoms with Crippen LogP contribution in [-0.4, -0.2) is 20.4 Å². The summed E-state index contributed by atoms with van der Waals surface area (Å²) in [5.74, 6) is 1.38. The van der Waals surface area contributed by atoms with E-state index in [0.29, 0.717) is 23.0 Å². The summed E-state index contributed by atoms with van der Waals surface area (Å²) in [5, 5.41) is 56.3. The maximum absolute atomic E-state index is 9.73. The molecule has 0 aromatic heterocycles. The van der Waals surface area contributed by atoms with Gasteiger partial charge in [0.05, 0.1) is 0 Å². The van der Waals surface area contributed by atoms with Gasteiger partial charge in [0.1, 0.15) is 23.0 Å².